The van der Waals surface area contributed by atoms with Crippen molar-refractivity contribution in [1.29, 1.82) is 0 Å². The topological polar surface area (TPSA) is 68.1 Å². The quantitative estimate of drug-likeness (QED) is 0.359. The zero-order chi connectivity index (χ0) is 21.8. The summed E-state index contributed by atoms with van der Waals surface area (Å²) in [4.78, 5) is 20.1. The fourth-order valence-electron chi connectivity index (χ4n) is 3.47. The maximum absolute atomic E-state index is 12.6. The van der Waals surface area contributed by atoms with E-state index in [4.69, 9.17) is 32.4 Å². The van der Waals surface area contributed by atoms with Crippen LogP contribution in [0.25, 0.3) is 11.1 Å². The lowest BCUT2D eigenvalue weighted by atomic mass is 10.1. The van der Waals surface area contributed by atoms with Gasteiger partial charge < -0.3 is 14.1 Å². The minimum Gasteiger partial charge on any atom is -0.439 e. The van der Waals surface area contributed by atoms with E-state index in [-0.39, 0.29) is 5.56 Å². The molecule has 4 aromatic rings. The van der Waals surface area contributed by atoms with Crippen molar-refractivity contribution in [3.8, 4) is 0 Å². The first-order valence-electron chi connectivity index (χ1n) is 10.1. The molecule has 2 aromatic carbocycles. The van der Waals surface area contributed by atoms with Gasteiger partial charge in [0.1, 0.15) is 5.52 Å². The van der Waals surface area contributed by atoms with Gasteiger partial charge in [0.2, 0.25) is 0 Å². The third kappa shape index (κ3) is 5.01. The van der Waals surface area contributed by atoms with Gasteiger partial charge in [-0.1, -0.05) is 60.5 Å². The summed E-state index contributed by atoms with van der Waals surface area (Å²) >= 11 is 12.3. The molecule has 0 bridgehead atoms. The number of benzene rings is 2. The Morgan fingerprint density at radius 3 is 2.52 bits per heavy atom. The molecule has 0 amide bonds. The summed E-state index contributed by atoms with van der Waals surface area (Å²) in [6.45, 7) is 2.91. The third-order valence-corrected chi connectivity index (χ3v) is 5.73. The highest BCUT2D eigenvalue weighted by Gasteiger charge is 2.14. The number of ether oxygens (including phenoxy) is 1. The number of nitrogens with one attached hydrogen (secondary N) is 1. The molecule has 0 radical (unpaired) electrons. The Hall–Kier alpha value is -2.60. The minimum atomic E-state index is -0.123. The highest BCUT2D eigenvalue weighted by molar-refractivity contribution is 6.39. The van der Waals surface area contributed by atoms with Crippen LogP contribution in [0.1, 0.15) is 35.2 Å². The molecule has 0 aliphatic carbocycles. The predicted octanol–water partition coefficient (Wildman–Crippen LogP) is 5.89. The fourth-order valence-corrected chi connectivity index (χ4v) is 3.86. The van der Waals surface area contributed by atoms with Gasteiger partial charge in [0.05, 0.1) is 23.3 Å². The van der Waals surface area contributed by atoms with E-state index in [1.165, 1.54) is 0 Å². The fraction of sp³-hybridized carbons (Fsp3) is 0.250. The highest BCUT2D eigenvalue weighted by Crippen LogP contribution is 2.30. The number of pyridine rings is 1. The van der Waals surface area contributed by atoms with Gasteiger partial charge in [-0.2, -0.15) is 0 Å². The van der Waals surface area contributed by atoms with Crippen molar-refractivity contribution in [2.75, 3.05) is 0 Å². The van der Waals surface area contributed by atoms with Crippen LogP contribution >= 0.6 is 23.2 Å². The Labute approximate surface area is 190 Å². The third-order valence-electron chi connectivity index (χ3n) is 5.13. The van der Waals surface area contributed by atoms with E-state index >= 15 is 0 Å². The second kappa shape index (κ2) is 9.69. The average molecular weight is 457 g/mol. The Morgan fingerprint density at radius 2 is 1.77 bits per heavy atom. The van der Waals surface area contributed by atoms with Crippen molar-refractivity contribution >= 4 is 34.3 Å². The highest BCUT2D eigenvalue weighted by atomic mass is 35.5. The molecule has 0 spiro atoms. The number of aromatic nitrogens is 2. The van der Waals surface area contributed by atoms with Crippen LogP contribution in [0, 0.1) is 0 Å². The molecule has 0 unspecified atom stereocenters. The normalized spacial score (nSPS) is 11.3. The first-order valence-corrected chi connectivity index (χ1v) is 10.9. The number of H-pyrrole nitrogens is 1. The van der Waals surface area contributed by atoms with Gasteiger partial charge in [-0.05, 0) is 42.2 Å². The summed E-state index contributed by atoms with van der Waals surface area (Å²) in [6, 6.07) is 15.3. The molecule has 5 nitrogen and oxygen atoms in total. The Bertz CT molecular complexity index is 1210. The number of nitrogens with zero attached hydrogens (tertiary/aromatic N) is 1. The molecule has 0 saturated heterocycles. The van der Waals surface area contributed by atoms with E-state index in [2.05, 4.69) is 16.9 Å². The number of hydrogen-bond donors (Lipinski definition) is 1. The maximum atomic E-state index is 12.6. The lowest BCUT2D eigenvalue weighted by Crippen LogP contribution is -2.18. The largest absolute Gasteiger partial charge is 0.439 e. The molecule has 7 heteroatoms. The van der Waals surface area contributed by atoms with Gasteiger partial charge in [0, 0.05) is 17.7 Å². The molecule has 0 aliphatic heterocycles. The molecule has 2 heterocycles. The standard InChI is InChI=1S/C24H22Cl2N2O3/c1-2-16-12-17(8-11-21-28-22-18(25)9-10-19(26)23(22)31-21)24(29)27-20(16)14-30-13-15-6-4-3-5-7-15/h3-7,9-10,12H,2,8,11,13-14H2,1H3,(H,27,29). The van der Waals surface area contributed by atoms with Crippen LogP contribution in [0.3, 0.4) is 0 Å². The average Bonchev–Trinajstić information content (AvgIpc) is 3.22. The second-order valence-electron chi connectivity index (χ2n) is 7.27. The Morgan fingerprint density at radius 1 is 1.00 bits per heavy atom. The lowest BCUT2D eigenvalue weighted by Gasteiger charge is -2.11. The number of aryl methyl sites for hydroxylation is 3. The van der Waals surface area contributed by atoms with Crippen LogP contribution in [-0.4, -0.2) is 9.97 Å². The van der Waals surface area contributed by atoms with E-state index in [9.17, 15) is 4.79 Å². The van der Waals surface area contributed by atoms with E-state index in [0.717, 1.165) is 23.2 Å². The molecule has 2 aromatic heterocycles. The van der Waals surface area contributed by atoms with Crippen LogP contribution in [0.15, 0.2) is 57.7 Å². The molecule has 160 valence electrons. The molecular weight excluding hydrogens is 435 g/mol. The van der Waals surface area contributed by atoms with Gasteiger partial charge in [-0.25, -0.2) is 4.98 Å². The molecule has 0 fully saturated rings. The van der Waals surface area contributed by atoms with Crippen LogP contribution in [0.2, 0.25) is 10.0 Å². The molecule has 0 saturated carbocycles. The van der Waals surface area contributed by atoms with Crippen molar-refractivity contribution in [2.45, 2.75) is 39.4 Å². The Kier molecular flexibility index (Phi) is 6.76. The monoisotopic (exact) mass is 456 g/mol. The SMILES string of the molecule is CCc1cc(CCc2nc3c(Cl)ccc(Cl)c3o2)c(=O)[nH]c1COCc1ccccc1. The van der Waals surface area contributed by atoms with E-state index < -0.39 is 0 Å². The predicted molar refractivity (Wildman–Crippen MR) is 123 cm³/mol. The van der Waals surface area contributed by atoms with Crippen molar-refractivity contribution in [3.63, 3.8) is 0 Å². The lowest BCUT2D eigenvalue weighted by molar-refractivity contribution is 0.104. The van der Waals surface area contributed by atoms with Gasteiger partial charge >= 0.3 is 0 Å². The Balaban J connectivity index is 1.46. The van der Waals surface area contributed by atoms with E-state index in [1.54, 1.807) is 12.1 Å². The summed E-state index contributed by atoms with van der Waals surface area (Å²) in [7, 11) is 0. The maximum Gasteiger partial charge on any atom is 0.251 e. The first kappa shape index (κ1) is 21.6. The zero-order valence-corrected chi connectivity index (χ0v) is 18.6. The van der Waals surface area contributed by atoms with Gasteiger partial charge in [0.15, 0.2) is 11.5 Å². The summed E-state index contributed by atoms with van der Waals surface area (Å²) in [5.74, 6) is 0.498. The van der Waals surface area contributed by atoms with Gasteiger partial charge in [0.25, 0.3) is 5.56 Å². The second-order valence-corrected chi connectivity index (χ2v) is 8.09. The molecule has 4 rings (SSSR count). The number of oxazole rings is 1. The van der Waals surface area contributed by atoms with Crippen LogP contribution in [0.5, 0.6) is 0 Å². The summed E-state index contributed by atoms with van der Waals surface area (Å²) in [5.41, 5.74) is 4.54. The number of hydrogen-bond acceptors (Lipinski definition) is 4. The minimum absolute atomic E-state index is 0.123. The molecule has 0 atom stereocenters. The van der Waals surface area contributed by atoms with Crippen molar-refractivity contribution < 1.29 is 9.15 Å². The van der Waals surface area contributed by atoms with Crippen molar-refractivity contribution in [2.24, 2.45) is 0 Å². The molecule has 1 N–H and O–H groups in total. The zero-order valence-electron chi connectivity index (χ0n) is 17.1. The van der Waals surface area contributed by atoms with Crippen molar-refractivity contribution in [3.05, 3.63) is 97.2 Å². The smallest absolute Gasteiger partial charge is 0.251 e. The number of rotatable bonds is 8. The van der Waals surface area contributed by atoms with Crippen LogP contribution in [-0.2, 0) is 37.2 Å². The number of fused-ring (bicyclic) bond motifs is 1. The first-order chi connectivity index (χ1) is 15.0. The van der Waals surface area contributed by atoms with Crippen molar-refractivity contribution in [1.82, 2.24) is 9.97 Å². The van der Waals surface area contributed by atoms with E-state index in [1.807, 2.05) is 36.4 Å². The van der Waals surface area contributed by atoms with E-state index in [0.29, 0.717) is 58.7 Å². The van der Waals surface area contributed by atoms with Crippen LogP contribution < -0.4 is 5.56 Å². The number of halogens is 2. The summed E-state index contributed by atoms with van der Waals surface area (Å²) in [6.07, 6.45) is 1.76. The molecular formula is C24H22Cl2N2O3. The molecule has 31 heavy (non-hydrogen) atoms. The summed E-state index contributed by atoms with van der Waals surface area (Å²) < 4.78 is 11.6. The van der Waals surface area contributed by atoms with Gasteiger partial charge in [-0.15, -0.1) is 0 Å². The van der Waals surface area contributed by atoms with Gasteiger partial charge in [-0.3, -0.25) is 4.79 Å². The molecule has 0 aliphatic rings. The summed E-state index contributed by atoms with van der Waals surface area (Å²) in [5, 5.41) is 0.949. The van der Waals surface area contributed by atoms with Crippen LogP contribution in [0.4, 0.5) is 0 Å². The number of aromatic amines is 1.